The van der Waals surface area contributed by atoms with Crippen molar-refractivity contribution in [2.75, 3.05) is 33.5 Å². The molecule has 540 valence electrons. The first-order valence-corrected chi connectivity index (χ1v) is 39.5. The van der Waals surface area contributed by atoms with Crippen LogP contribution < -0.4 is 20.1 Å². The minimum Gasteiger partial charge on any atom is -0.493 e. The number of methoxy groups -OCH3 is 1. The van der Waals surface area contributed by atoms with Crippen molar-refractivity contribution in [3.05, 3.63) is 155 Å². The van der Waals surface area contributed by atoms with Gasteiger partial charge < -0.3 is 34.5 Å². The van der Waals surface area contributed by atoms with E-state index < -0.39 is 36.0 Å². The Bertz CT molecular complexity index is 2850. The van der Waals surface area contributed by atoms with Crippen LogP contribution in [0.3, 0.4) is 0 Å². The van der Waals surface area contributed by atoms with Gasteiger partial charge in [0.05, 0.1) is 26.9 Å². The highest BCUT2D eigenvalue weighted by Crippen LogP contribution is 2.44. The summed E-state index contributed by atoms with van der Waals surface area (Å²) in [7, 11) is 1.31. The van der Waals surface area contributed by atoms with E-state index in [1.807, 2.05) is 103 Å². The third kappa shape index (κ3) is 33.0. The van der Waals surface area contributed by atoms with Crippen LogP contribution in [-0.2, 0) is 43.2 Å². The lowest BCUT2D eigenvalue weighted by molar-refractivity contribution is -0.148. The number of hydrogen-bond donors (Lipinski definition) is 2. The second-order valence-electron chi connectivity index (χ2n) is 28.1. The van der Waals surface area contributed by atoms with E-state index in [0.717, 1.165) is 65.5 Å². The molecule has 0 aliphatic heterocycles. The molecule has 0 unspecified atom stereocenters. The van der Waals surface area contributed by atoms with Crippen molar-refractivity contribution in [2.45, 2.75) is 308 Å². The molecule has 1 aliphatic rings. The molecular formula is C87H129N3O8. The van der Waals surface area contributed by atoms with Gasteiger partial charge in [-0.1, -0.05) is 367 Å². The second-order valence-corrected chi connectivity index (χ2v) is 28.1. The zero-order valence-electron chi connectivity index (χ0n) is 61.3. The SMILES string of the molecule is CCCCCCCCCCCCCCCCCCCCCCOc1ccc(CN(CC(=O)OC)C(=O)[C@H](Cc2ccccc2)NC(=O)[C@H](Cc2ccccc2)NC(=O)OCC2c3ccccc3-c3ccccc32)c(OCCCCCCCCCCCCCCCCCCCCCC)c1. The third-order valence-corrected chi connectivity index (χ3v) is 19.9. The zero-order valence-corrected chi connectivity index (χ0v) is 61.3. The number of amides is 3. The van der Waals surface area contributed by atoms with Gasteiger partial charge in [0.15, 0.2) is 0 Å². The van der Waals surface area contributed by atoms with Crippen molar-refractivity contribution in [3.63, 3.8) is 0 Å². The van der Waals surface area contributed by atoms with Gasteiger partial charge in [-0.05, 0) is 58.4 Å². The van der Waals surface area contributed by atoms with Crippen LogP contribution in [0.1, 0.15) is 304 Å². The molecule has 0 heterocycles. The fourth-order valence-electron chi connectivity index (χ4n) is 14.0. The Morgan fingerprint density at radius 3 is 1.21 bits per heavy atom. The quantitative estimate of drug-likeness (QED) is 0.0291. The summed E-state index contributed by atoms with van der Waals surface area (Å²) in [6.07, 6.45) is 52.5. The molecule has 11 nitrogen and oxygen atoms in total. The summed E-state index contributed by atoms with van der Waals surface area (Å²) in [5.74, 6) is -0.575. The molecule has 6 rings (SSSR count). The fraction of sp³-hybridized carbons (Fsp3) is 0.609. The molecule has 0 saturated carbocycles. The van der Waals surface area contributed by atoms with E-state index in [4.69, 9.17) is 18.9 Å². The van der Waals surface area contributed by atoms with Gasteiger partial charge in [-0.3, -0.25) is 14.4 Å². The van der Waals surface area contributed by atoms with Crippen molar-refractivity contribution >= 4 is 23.9 Å². The molecule has 98 heavy (non-hydrogen) atoms. The number of hydrogen-bond acceptors (Lipinski definition) is 8. The van der Waals surface area contributed by atoms with Gasteiger partial charge in [0.2, 0.25) is 11.8 Å². The number of nitrogens with one attached hydrogen (secondary N) is 2. The van der Waals surface area contributed by atoms with Crippen LogP contribution >= 0.6 is 0 Å². The van der Waals surface area contributed by atoms with E-state index in [2.05, 4.69) is 48.7 Å². The molecule has 1 aliphatic carbocycles. The smallest absolute Gasteiger partial charge is 0.407 e. The molecule has 5 aromatic rings. The van der Waals surface area contributed by atoms with E-state index in [1.165, 1.54) is 237 Å². The Morgan fingerprint density at radius 2 is 0.796 bits per heavy atom. The normalized spacial score (nSPS) is 12.4. The molecular weight excluding hydrogens is 1210 g/mol. The Balaban J connectivity index is 1.04. The number of rotatable bonds is 58. The Morgan fingerprint density at radius 1 is 0.418 bits per heavy atom. The second kappa shape index (κ2) is 51.5. The molecule has 0 radical (unpaired) electrons. The Kier molecular flexibility index (Phi) is 42.2. The summed E-state index contributed by atoms with van der Waals surface area (Å²) in [5.41, 5.74) is 6.67. The monoisotopic (exact) mass is 1340 g/mol. The molecule has 11 heteroatoms. The summed E-state index contributed by atoms with van der Waals surface area (Å²) >= 11 is 0. The summed E-state index contributed by atoms with van der Waals surface area (Å²) in [6.45, 7) is 5.34. The molecule has 2 N–H and O–H groups in total. The third-order valence-electron chi connectivity index (χ3n) is 19.9. The average Bonchev–Trinajstić information content (AvgIpc) is 1.62. The van der Waals surface area contributed by atoms with E-state index >= 15 is 4.79 Å². The highest BCUT2D eigenvalue weighted by atomic mass is 16.5. The first-order valence-electron chi connectivity index (χ1n) is 39.5. The molecule has 0 saturated heterocycles. The fourth-order valence-corrected chi connectivity index (χ4v) is 14.0. The first kappa shape index (κ1) is 80.4. The molecule has 0 spiro atoms. The predicted molar refractivity (Wildman–Crippen MR) is 405 cm³/mol. The number of esters is 1. The summed E-state index contributed by atoms with van der Waals surface area (Å²) < 4.78 is 24.3. The lowest BCUT2D eigenvalue weighted by Gasteiger charge is -2.29. The standard InChI is InChI=1S/C87H129N3O8/c1-4-6-8-10-12-14-16-18-20-22-24-26-28-30-32-34-36-38-40-52-64-96-75-63-62-74(83(68-75)97-65-53-41-39-37-35-33-31-29-27-25-23-21-19-17-15-13-11-9-7-5-2)69-90(70-84(91)95-3)86(93)82(67-73-56-46-43-47-57-73)88-85(92)81(66-72-54-44-42-45-55-72)89-87(94)98-71-80-78-60-50-48-58-76(78)77-59-49-51-61-79(77)80/h42-51,54-63,68,80-82H,4-41,52-53,64-67,69-71H2,1-3H3,(H,88,92)(H,89,94)/t81-,82-/m0/s1. The highest BCUT2D eigenvalue weighted by molar-refractivity contribution is 5.93. The van der Waals surface area contributed by atoms with Gasteiger partial charge >= 0.3 is 12.1 Å². The van der Waals surface area contributed by atoms with Gasteiger partial charge in [0.25, 0.3) is 0 Å². The van der Waals surface area contributed by atoms with Crippen molar-refractivity contribution in [3.8, 4) is 22.6 Å². The van der Waals surface area contributed by atoms with Gasteiger partial charge in [0, 0.05) is 30.4 Å². The lowest BCUT2D eigenvalue weighted by Crippen LogP contribution is -2.56. The highest BCUT2D eigenvalue weighted by Gasteiger charge is 2.34. The topological polar surface area (TPSA) is 132 Å². The zero-order chi connectivity index (χ0) is 69.1. The molecule has 0 aromatic heterocycles. The van der Waals surface area contributed by atoms with Crippen molar-refractivity contribution < 1.29 is 38.1 Å². The maximum absolute atomic E-state index is 15.4. The summed E-state index contributed by atoms with van der Waals surface area (Å²) in [4.78, 5) is 59.1. The van der Waals surface area contributed by atoms with E-state index in [1.54, 1.807) is 0 Å². The van der Waals surface area contributed by atoms with E-state index in [0.29, 0.717) is 30.3 Å². The number of carbonyl (C=O) groups excluding carboxylic acids is 4. The number of unbranched alkanes of at least 4 members (excludes halogenated alkanes) is 38. The van der Waals surface area contributed by atoms with Gasteiger partial charge in [-0.25, -0.2) is 4.79 Å². The molecule has 2 atom stereocenters. The maximum Gasteiger partial charge on any atom is 0.407 e. The largest absolute Gasteiger partial charge is 0.493 e. The van der Waals surface area contributed by atoms with Crippen molar-refractivity contribution in [2.24, 2.45) is 0 Å². The van der Waals surface area contributed by atoms with Gasteiger partial charge in [-0.15, -0.1) is 0 Å². The minimum absolute atomic E-state index is 0.00520. The van der Waals surface area contributed by atoms with Crippen LogP contribution in [0.15, 0.2) is 127 Å². The summed E-state index contributed by atoms with van der Waals surface area (Å²) in [5, 5.41) is 5.93. The molecule has 0 bridgehead atoms. The van der Waals surface area contributed by atoms with Crippen LogP contribution in [0.25, 0.3) is 11.1 Å². The van der Waals surface area contributed by atoms with Gasteiger partial charge in [-0.2, -0.15) is 0 Å². The molecule has 0 fully saturated rings. The minimum atomic E-state index is -1.15. The van der Waals surface area contributed by atoms with Crippen LogP contribution in [0, 0.1) is 0 Å². The predicted octanol–water partition coefficient (Wildman–Crippen LogP) is 22.5. The molecule has 3 amide bonds. The Labute approximate surface area is 593 Å². The number of fused-ring (bicyclic) bond motifs is 3. The van der Waals surface area contributed by atoms with Crippen LogP contribution in [0.5, 0.6) is 11.5 Å². The van der Waals surface area contributed by atoms with E-state index in [-0.39, 0.29) is 38.5 Å². The average molecular weight is 1350 g/mol. The first-order chi connectivity index (χ1) is 48.3. The number of ether oxygens (including phenoxy) is 4. The number of carbonyl (C=O) groups is 4. The van der Waals surface area contributed by atoms with Crippen LogP contribution in [0.4, 0.5) is 4.79 Å². The number of alkyl carbamates (subject to hydrolysis) is 1. The number of nitrogens with zero attached hydrogens (tertiary/aromatic N) is 1. The lowest BCUT2D eigenvalue weighted by atomic mass is 9.98. The van der Waals surface area contributed by atoms with Crippen molar-refractivity contribution in [1.29, 1.82) is 0 Å². The van der Waals surface area contributed by atoms with Gasteiger partial charge in [0.1, 0.15) is 36.7 Å². The van der Waals surface area contributed by atoms with Crippen LogP contribution in [0.2, 0.25) is 0 Å². The number of benzene rings is 5. The maximum atomic E-state index is 15.4. The molecule has 5 aromatic carbocycles. The Hall–Kier alpha value is -6.62. The van der Waals surface area contributed by atoms with Crippen LogP contribution in [-0.4, -0.2) is 74.3 Å². The van der Waals surface area contributed by atoms with Crippen molar-refractivity contribution in [1.82, 2.24) is 15.5 Å². The summed E-state index contributed by atoms with van der Waals surface area (Å²) in [6, 6.07) is 38.7. The van der Waals surface area contributed by atoms with E-state index in [9.17, 15) is 14.4 Å².